The standard InChI is InChI=1S/C27H15N3Se3/c1-4-10-22-19(7-1)28-25(31-22)16-13-17(26-29-20-8-2-5-11-23(20)32-26)15-18(14-16)27-30-21-9-3-6-12-24(21)33-27/h1-15H. The van der Waals surface area contributed by atoms with Gasteiger partial charge in [0.25, 0.3) is 0 Å². The molecule has 0 atom stereocenters. The summed E-state index contributed by atoms with van der Waals surface area (Å²) in [7, 11) is 0. The number of para-hydroxylation sites is 3. The Kier molecular flexibility index (Phi) is 4.84. The summed E-state index contributed by atoms with van der Waals surface area (Å²) < 4.78 is 7.65. The second-order valence-corrected chi connectivity index (χ2v) is 14.2. The van der Waals surface area contributed by atoms with Crippen LogP contribution in [0.2, 0.25) is 0 Å². The fraction of sp³-hybridized carbons (Fsp3) is 0. The molecule has 6 heteroatoms. The molecule has 0 unspecified atom stereocenters. The molecule has 7 aromatic rings. The fourth-order valence-electron chi connectivity index (χ4n) is 3.99. The number of nitrogens with zero attached hydrogens (tertiary/aromatic N) is 3. The molecule has 0 aliphatic rings. The fourth-order valence-corrected chi connectivity index (χ4v) is 9.98. The van der Waals surface area contributed by atoms with Crippen molar-refractivity contribution in [2.24, 2.45) is 0 Å². The summed E-state index contributed by atoms with van der Waals surface area (Å²) in [5, 5.41) is 0. The van der Waals surface area contributed by atoms with Gasteiger partial charge in [0.2, 0.25) is 0 Å². The van der Waals surface area contributed by atoms with E-state index >= 15 is 0 Å². The van der Waals surface area contributed by atoms with Crippen LogP contribution in [0.5, 0.6) is 0 Å². The molecule has 3 heterocycles. The second-order valence-electron chi connectivity index (χ2n) is 7.76. The van der Waals surface area contributed by atoms with Crippen molar-refractivity contribution < 1.29 is 0 Å². The molecule has 3 aromatic heterocycles. The van der Waals surface area contributed by atoms with Crippen LogP contribution in [0.25, 0.3) is 59.7 Å². The van der Waals surface area contributed by atoms with Gasteiger partial charge in [0, 0.05) is 0 Å². The summed E-state index contributed by atoms with van der Waals surface area (Å²) in [6.45, 7) is 0. The van der Waals surface area contributed by atoms with E-state index in [0.29, 0.717) is 0 Å². The monoisotopic (exact) mass is 621 g/mol. The van der Waals surface area contributed by atoms with Crippen LogP contribution in [0, 0.1) is 0 Å². The van der Waals surface area contributed by atoms with Gasteiger partial charge in [-0.15, -0.1) is 0 Å². The Labute approximate surface area is 208 Å². The molecule has 0 aliphatic heterocycles. The third-order valence-corrected chi connectivity index (χ3v) is 12.4. The zero-order chi connectivity index (χ0) is 21.8. The number of rotatable bonds is 3. The van der Waals surface area contributed by atoms with Crippen LogP contribution >= 0.6 is 0 Å². The molecule has 0 radical (unpaired) electrons. The average Bonchev–Trinajstić information content (AvgIpc) is 3.59. The molecule has 4 aromatic carbocycles. The molecular weight excluding hydrogens is 603 g/mol. The Morgan fingerprint density at radius 2 is 0.697 bits per heavy atom. The molecular formula is C27H15N3Se3. The first-order chi connectivity index (χ1) is 16.3. The van der Waals surface area contributed by atoms with Crippen molar-refractivity contribution in [3.63, 3.8) is 0 Å². The topological polar surface area (TPSA) is 38.7 Å². The Morgan fingerprint density at radius 3 is 1.00 bits per heavy atom. The van der Waals surface area contributed by atoms with Crippen LogP contribution in [0.15, 0.2) is 91.0 Å². The summed E-state index contributed by atoms with van der Waals surface area (Å²) in [6, 6.07) is 32.4. The number of aromatic nitrogens is 3. The zero-order valence-electron chi connectivity index (χ0n) is 17.2. The van der Waals surface area contributed by atoms with E-state index in [1.54, 1.807) is 0 Å². The van der Waals surface area contributed by atoms with Gasteiger partial charge in [0.1, 0.15) is 0 Å². The molecule has 0 N–H and O–H groups in total. The van der Waals surface area contributed by atoms with E-state index in [0.717, 1.165) is 16.6 Å². The number of fused-ring (bicyclic) bond motifs is 3. The van der Waals surface area contributed by atoms with Gasteiger partial charge < -0.3 is 0 Å². The van der Waals surface area contributed by atoms with E-state index in [1.807, 2.05) is 0 Å². The molecule has 0 aliphatic carbocycles. The van der Waals surface area contributed by atoms with Crippen LogP contribution in [0.1, 0.15) is 0 Å². The van der Waals surface area contributed by atoms with Gasteiger partial charge in [0.05, 0.1) is 0 Å². The number of hydrogen-bond acceptors (Lipinski definition) is 3. The summed E-state index contributed by atoms with van der Waals surface area (Å²) in [5.74, 6) is 0. The minimum absolute atomic E-state index is 0.212. The third-order valence-electron chi connectivity index (χ3n) is 5.56. The number of hydrogen-bond donors (Lipinski definition) is 0. The van der Waals surface area contributed by atoms with Crippen molar-refractivity contribution in [3.05, 3.63) is 91.0 Å². The number of benzene rings is 4. The molecule has 0 spiro atoms. The SMILES string of the molecule is c1ccc2[se]c(-c3cc(-c4nc5ccccc5[se]4)cc(-c4nc5ccccc5[se]4)c3)nc2c1. The van der Waals surface area contributed by atoms with Crippen molar-refractivity contribution in [1.29, 1.82) is 0 Å². The van der Waals surface area contributed by atoms with Gasteiger partial charge in [-0.1, -0.05) is 0 Å². The first kappa shape index (κ1) is 19.9. The van der Waals surface area contributed by atoms with Crippen molar-refractivity contribution in [2.75, 3.05) is 0 Å². The molecule has 0 saturated heterocycles. The van der Waals surface area contributed by atoms with Crippen molar-refractivity contribution in [3.8, 4) is 30.4 Å². The molecule has 0 saturated carbocycles. The van der Waals surface area contributed by atoms with Gasteiger partial charge in [0.15, 0.2) is 0 Å². The van der Waals surface area contributed by atoms with Crippen molar-refractivity contribution >= 4 is 72.8 Å². The van der Waals surface area contributed by atoms with Crippen LogP contribution in [-0.4, -0.2) is 58.5 Å². The van der Waals surface area contributed by atoms with Gasteiger partial charge >= 0.3 is 209 Å². The summed E-state index contributed by atoms with van der Waals surface area (Å²) in [5.41, 5.74) is 6.98. The van der Waals surface area contributed by atoms with Gasteiger partial charge in [-0.2, -0.15) is 0 Å². The van der Waals surface area contributed by atoms with Crippen LogP contribution in [-0.2, 0) is 0 Å². The summed E-state index contributed by atoms with van der Waals surface area (Å²) in [6.07, 6.45) is 0. The molecule has 3 nitrogen and oxygen atoms in total. The van der Waals surface area contributed by atoms with Gasteiger partial charge in [-0.3, -0.25) is 0 Å². The predicted molar refractivity (Wildman–Crippen MR) is 139 cm³/mol. The third kappa shape index (κ3) is 3.61. The van der Waals surface area contributed by atoms with E-state index in [4.69, 9.17) is 15.0 Å². The first-order valence-electron chi connectivity index (χ1n) is 10.5. The van der Waals surface area contributed by atoms with Gasteiger partial charge in [-0.25, -0.2) is 0 Å². The van der Waals surface area contributed by atoms with E-state index in [-0.39, 0.29) is 43.5 Å². The molecule has 156 valence electrons. The maximum atomic E-state index is 5.01. The van der Waals surface area contributed by atoms with Crippen LogP contribution in [0.3, 0.4) is 0 Å². The molecule has 7 rings (SSSR count). The normalized spacial score (nSPS) is 11.6. The summed E-state index contributed by atoms with van der Waals surface area (Å²) in [4.78, 5) is 15.0. The van der Waals surface area contributed by atoms with Crippen molar-refractivity contribution in [1.82, 2.24) is 15.0 Å². The molecule has 0 bridgehead atoms. The van der Waals surface area contributed by atoms with Crippen LogP contribution in [0.4, 0.5) is 0 Å². The Bertz CT molecular complexity index is 1470. The average molecular weight is 618 g/mol. The molecule has 0 fully saturated rings. The van der Waals surface area contributed by atoms with E-state index in [2.05, 4.69) is 91.0 Å². The van der Waals surface area contributed by atoms with E-state index in [9.17, 15) is 0 Å². The second kappa shape index (κ2) is 8.04. The quantitative estimate of drug-likeness (QED) is 0.246. The van der Waals surface area contributed by atoms with E-state index in [1.165, 1.54) is 43.2 Å². The Hall–Kier alpha value is -2.55. The molecule has 0 amide bonds. The van der Waals surface area contributed by atoms with Crippen LogP contribution < -0.4 is 0 Å². The molecule has 33 heavy (non-hydrogen) atoms. The Balaban J connectivity index is 1.46. The predicted octanol–water partition coefficient (Wildman–Crippen LogP) is 5.50. The Morgan fingerprint density at radius 1 is 0.394 bits per heavy atom. The maximum absolute atomic E-state index is 5.01. The summed E-state index contributed by atoms with van der Waals surface area (Å²) >= 11 is 0.636. The minimum atomic E-state index is 0.212. The van der Waals surface area contributed by atoms with Crippen molar-refractivity contribution in [2.45, 2.75) is 0 Å². The van der Waals surface area contributed by atoms with E-state index < -0.39 is 0 Å². The van der Waals surface area contributed by atoms with Gasteiger partial charge in [-0.05, 0) is 0 Å². The first-order valence-corrected chi connectivity index (χ1v) is 15.7. The zero-order valence-corrected chi connectivity index (χ0v) is 22.4.